The number of nitrogens with zero attached hydrogens (tertiary/aromatic N) is 1. The second kappa shape index (κ2) is 43.4. The van der Waals surface area contributed by atoms with Gasteiger partial charge in [-0.05, 0) is 19.3 Å². The molecule has 1 amide bonds. The lowest BCUT2D eigenvalue weighted by molar-refractivity contribution is -0.122. The van der Waals surface area contributed by atoms with Gasteiger partial charge >= 0.3 is 0 Å². The van der Waals surface area contributed by atoms with Crippen LogP contribution in [0.5, 0.6) is 0 Å². The Kier molecular flexibility index (Phi) is 42.6. The molecule has 0 saturated carbocycles. The van der Waals surface area contributed by atoms with Crippen LogP contribution < -0.4 is 5.32 Å². The van der Waals surface area contributed by atoms with Gasteiger partial charge < -0.3 is 10.1 Å². The Hall–Kier alpha value is -0.970. The molecular weight excluding hydrogens is 629 g/mol. The number of methoxy groups -OCH3 is 1. The molecule has 1 N–H and O–H groups in total. The van der Waals surface area contributed by atoms with Crippen molar-refractivity contribution in [3.8, 4) is 0 Å². The zero-order chi connectivity index (χ0) is 37.1. The lowest BCUT2D eigenvalue weighted by Crippen LogP contribution is -2.40. The van der Waals surface area contributed by atoms with Crippen molar-refractivity contribution in [3.05, 3.63) is 4.91 Å². The Labute approximate surface area is 320 Å². The molecule has 0 rings (SSSR count). The third-order valence-electron chi connectivity index (χ3n) is 11.1. The van der Waals surface area contributed by atoms with E-state index in [9.17, 15) is 9.70 Å². The van der Waals surface area contributed by atoms with Crippen molar-refractivity contribution in [2.45, 2.75) is 276 Å². The molecule has 0 fully saturated rings. The van der Waals surface area contributed by atoms with Crippen molar-refractivity contribution in [3.63, 3.8) is 0 Å². The van der Waals surface area contributed by atoms with Gasteiger partial charge in [0.15, 0.2) is 0 Å². The van der Waals surface area contributed by atoms with Crippen molar-refractivity contribution < 1.29 is 9.53 Å². The summed E-state index contributed by atoms with van der Waals surface area (Å²) in [5.41, 5.74) is 0. The van der Waals surface area contributed by atoms with Crippen LogP contribution in [0.15, 0.2) is 5.18 Å². The molecule has 0 bridgehead atoms. The van der Waals surface area contributed by atoms with E-state index in [1.807, 2.05) is 0 Å². The Bertz CT molecular complexity index is 687. The first-order chi connectivity index (χ1) is 25.2. The van der Waals surface area contributed by atoms with Crippen LogP contribution in [0, 0.1) is 4.91 Å². The van der Waals surface area contributed by atoms with Gasteiger partial charge in [0.25, 0.3) is 0 Å². The van der Waals surface area contributed by atoms with E-state index in [4.69, 9.17) is 4.74 Å². The third kappa shape index (κ3) is 40.1. The molecule has 2 unspecified atom stereocenters. The van der Waals surface area contributed by atoms with E-state index < -0.39 is 0 Å². The molecule has 0 aromatic carbocycles. The van der Waals surface area contributed by atoms with Crippen molar-refractivity contribution in [1.82, 2.24) is 5.32 Å². The highest BCUT2D eigenvalue weighted by Crippen LogP contribution is 2.18. The molecule has 0 aliphatic heterocycles. The van der Waals surface area contributed by atoms with Crippen LogP contribution in [0.4, 0.5) is 0 Å². The highest BCUT2D eigenvalue weighted by molar-refractivity contribution is 5.76. The first-order valence-corrected chi connectivity index (χ1v) is 23.3. The summed E-state index contributed by atoms with van der Waals surface area (Å²) >= 11 is 0. The number of rotatable bonds is 44. The van der Waals surface area contributed by atoms with Crippen LogP contribution in [-0.2, 0) is 9.53 Å². The standard InChI is InChI=1S/C46H92N2O3/c1-4-6-8-10-12-14-16-18-19-20-21-22-23-24-25-26-27-28-29-31-33-35-37-39-41-46(49)47-45(43-51-3)42-44(48-50)40-38-36-34-32-30-17-15-13-11-9-7-5-2/h44-45H,4-43H2,1-3H3,(H,47,49). The molecule has 0 aliphatic rings. The highest BCUT2D eigenvalue weighted by Gasteiger charge is 2.19. The summed E-state index contributed by atoms with van der Waals surface area (Å²) in [5, 5.41) is 6.55. The molecule has 0 radical (unpaired) electrons. The number of nitroso groups, excluding NO2 is 1. The molecule has 0 aromatic heterocycles. The fourth-order valence-electron chi connectivity index (χ4n) is 7.68. The minimum Gasteiger partial charge on any atom is -0.383 e. The molecule has 304 valence electrons. The molecule has 2 atom stereocenters. The van der Waals surface area contributed by atoms with Crippen molar-refractivity contribution in [2.75, 3.05) is 13.7 Å². The van der Waals surface area contributed by atoms with E-state index in [1.165, 1.54) is 212 Å². The molecule has 0 aliphatic carbocycles. The summed E-state index contributed by atoms with van der Waals surface area (Å²) in [6.07, 6.45) is 50.9. The summed E-state index contributed by atoms with van der Waals surface area (Å²) < 4.78 is 5.37. The van der Waals surface area contributed by atoms with Gasteiger partial charge in [-0.2, -0.15) is 4.91 Å². The third-order valence-corrected chi connectivity index (χ3v) is 11.1. The lowest BCUT2D eigenvalue weighted by Gasteiger charge is -2.20. The topological polar surface area (TPSA) is 67.8 Å². The van der Waals surface area contributed by atoms with Gasteiger partial charge in [-0.15, -0.1) is 0 Å². The fraction of sp³-hybridized carbons (Fsp3) is 0.978. The van der Waals surface area contributed by atoms with Gasteiger partial charge in [0.05, 0.1) is 18.7 Å². The first kappa shape index (κ1) is 50.0. The molecule has 5 heteroatoms. The van der Waals surface area contributed by atoms with Crippen LogP contribution in [0.1, 0.15) is 264 Å². The van der Waals surface area contributed by atoms with E-state index in [-0.39, 0.29) is 18.0 Å². The molecule has 5 nitrogen and oxygen atoms in total. The zero-order valence-electron chi connectivity index (χ0n) is 35.1. The maximum Gasteiger partial charge on any atom is 0.220 e. The van der Waals surface area contributed by atoms with E-state index >= 15 is 0 Å². The summed E-state index contributed by atoms with van der Waals surface area (Å²) in [6.45, 7) is 5.01. The average molecular weight is 721 g/mol. The first-order valence-electron chi connectivity index (χ1n) is 23.3. The van der Waals surface area contributed by atoms with Gasteiger partial charge in [-0.3, -0.25) is 4.79 Å². The predicted octanol–water partition coefficient (Wildman–Crippen LogP) is 15.5. The second-order valence-electron chi connectivity index (χ2n) is 16.3. The maximum absolute atomic E-state index is 12.6. The number of carbonyl (C=O) groups excluding carboxylic acids is 1. The van der Waals surface area contributed by atoms with Gasteiger partial charge in [-0.25, -0.2) is 0 Å². The molecule has 0 aromatic rings. The maximum atomic E-state index is 12.6. The number of carbonyl (C=O) groups is 1. The van der Waals surface area contributed by atoms with E-state index in [2.05, 4.69) is 24.3 Å². The van der Waals surface area contributed by atoms with Gasteiger partial charge in [0, 0.05) is 13.5 Å². The lowest BCUT2D eigenvalue weighted by atomic mass is 10.00. The smallest absolute Gasteiger partial charge is 0.220 e. The van der Waals surface area contributed by atoms with Crippen molar-refractivity contribution in [2.24, 2.45) is 5.18 Å². The van der Waals surface area contributed by atoms with Crippen LogP contribution in [0.3, 0.4) is 0 Å². The van der Waals surface area contributed by atoms with Crippen LogP contribution >= 0.6 is 0 Å². The van der Waals surface area contributed by atoms with Crippen molar-refractivity contribution >= 4 is 5.91 Å². The van der Waals surface area contributed by atoms with Crippen LogP contribution in [0.25, 0.3) is 0 Å². The number of hydrogen-bond acceptors (Lipinski definition) is 4. The average Bonchev–Trinajstić information content (AvgIpc) is 3.13. The Morgan fingerprint density at radius 3 is 1.06 bits per heavy atom. The summed E-state index contributed by atoms with van der Waals surface area (Å²) in [4.78, 5) is 24.2. The molecule has 51 heavy (non-hydrogen) atoms. The van der Waals surface area contributed by atoms with E-state index in [0.29, 0.717) is 19.4 Å². The predicted molar refractivity (Wildman–Crippen MR) is 225 cm³/mol. The second-order valence-corrected chi connectivity index (χ2v) is 16.3. The minimum atomic E-state index is -0.238. The Morgan fingerprint density at radius 1 is 0.471 bits per heavy atom. The number of hydrogen-bond donors (Lipinski definition) is 1. The van der Waals surface area contributed by atoms with Crippen molar-refractivity contribution in [1.29, 1.82) is 0 Å². The zero-order valence-corrected chi connectivity index (χ0v) is 35.1. The number of ether oxygens (including phenoxy) is 1. The van der Waals surface area contributed by atoms with Gasteiger partial charge in [0.1, 0.15) is 0 Å². The molecule has 0 heterocycles. The summed E-state index contributed by atoms with van der Waals surface area (Å²) in [7, 11) is 1.66. The Morgan fingerprint density at radius 2 is 0.765 bits per heavy atom. The number of nitrogens with one attached hydrogen (secondary N) is 1. The SMILES string of the molecule is CCCCCCCCCCCCCCCCCCCCCCCCCCC(=O)NC(COC)CC(CCCCCCCCCCCCCC)N=O. The molecule has 0 spiro atoms. The van der Waals surface area contributed by atoms with Crippen LogP contribution in [-0.4, -0.2) is 31.7 Å². The molecular formula is C46H92N2O3. The Balaban J connectivity index is 3.59. The van der Waals surface area contributed by atoms with Crippen LogP contribution in [0.2, 0.25) is 0 Å². The normalized spacial score (nSPS) is 12.7. The number of unbranched alkanes of at least 4 members (excludes halogenated alkanes) is 34. The minimum absolute atomic E-state index is 0.0888. The monoisotopic (exact) mass is 721 g/mol. The summed E-state index contributed by atoms with van der Waals surface area (Å²) in [5.74, 6) is 0.0888. The van der Waals surface area contributed by atoms with Gasteiger partial charge in [-0.1, -0.05) is 244 Å². The quantitative estimate of drug-likeness (QED) is 0.0503. The van der Waals surface area contributed by atoms with Gasteiger partial charge in [0.2, 0.25) is 5.91 Å². The van der Waals surface area contributed by atoms with E-state index in [1.54, 1.807) is 7.11 Å². The fourth-order valence-corrected chi connectivity index (χ4v) is 7.68. The largest absolute Gasteiger partial charge is 0.383 e. The van der Waals surface area contributed by atoms with E-state index in [0.717, 1.165) is 25.7 Å². The molecule has 0 saturated heterocycles. The highest BCUT2D eigenvalue weighted by atomic mass is 16.5. The summed E-state index contributed by atoms with van der Waals surface area (Å²) in [6, 6.07) is -0.366. The number of amides is 1.